The van der Waals surface area contributed by atoms with E-state index >= 15 is 0 Å². The van der Waals surface area contributed by atoms with E-state index in [1.54, 1.807) is 42.5 Å². The number of nitrogens with one attached hydrogen (secondary N) is 2. The predicted molar refractivity (Wildman–Crippen MR) is 92.6 cm³/mol. The van der Waals surface area contributed by atoms with Crippen LogP contribution in [0.3, 0.4) is 0 Å². The monoisotopic (exact) mass is 349 g/mol. The number of hydrogen-bond acceptors (Lipinski definition) is 5. The average Bonchev–Trinajstić information content (AvgIpc) is 3.34. The summed E-state index contributed by atoms with van der Waals surface area (Å²) in [4.78, 5) is 25.3. The molecule has 1 heterocycles. The van der Waals surface area contributed by atoms with Gasteiger partial charge in [0.2, 0.25) is 18.6 Å². The summed E-state index contributed by atoms with van der Waals surface area (Å²) in [6, 6.07) is 13.8. The van der Waals surface area contributed by atoms with E-state index < -0.39 is 11.3 Å². The summed E-state index contributed by atoms with van der Waals surface area (Å²) < 4.78 is 10.5. The molecule has 7 heteroatoms. The molecule has 0 unspecified atom stereocenters. The highest BCUT2D eigenvalue weighted by atomic mass is 16.7. The minimum atomic E-state index is -1.11. The Hall–Kier alpha value is -3.53. The standard InChI is InChI=1S/C19H15N3O4/c20-10-12-3-1-2-4-14(12)22-18(24)19(7-8-19)17(23)21-13-5-6-15-16(9-13)26-11-25-15/h1-6,9H,7-8,11H2,(H,21,23)(H,22,24). The van der Waals surface area contributed by atoms with Gasteiger partial charge in [-0.1, -0.05) is 12.1 Å². The van der Waals surface area contributed by atoms with Crippen molar-refractivity contribution in [2.24, 2.45) is 5.41 Å². The molecule has 2 amide bonds. The highest BCUT2D eigenvalue weighted by molar-refractivity contribution is 6.17. The lowest BCUT2D eigenvalue weighted by Gasteiger charge is -2.16. The second-order valence-corrected chi connectivity index (χ2v) is 6.22. The van der Waals surface area contributed by atoms with E-state index in [4.69, 9.17) is 14.7 Å². The van der Waals surface area contributed by atoms with Gasteiger partial charge < -0.3 is 20.1 Å². The van der Waals surface area contributed by atoms with E-state index in [9.17, 15) is 9.59 Å². The SMILES string of the molecule is N#Cc1ccccc1NC(=O)C1(C(=O)Nc2ccc3c(c2)OCO3)CC1. The minimum absolute atomic E-state index is 0.150. The van der Waals surface area contributed by atoms with Gasteiger partial charge in [0.15, 0.2) is 11.5 Å². The predicted octanol–water partition coefficient (Wildman–Crippen LogP) is 2.64. The number of nitrogens with zero attached hydrogens (tertiary/aromatic N) is 1. The third kappa shape index (κ3) is 2.71. The van der Waals surface area contributed by atoms with Crippen molar-refractivity contribution in [3.8, 4) is 17.6 Å². The van der Waals surface area contributed by atoms with Gasteiger partial charge in [0, 0.05) is 11.8 Å². The van der Waals surface area contributed by atoms with Crippen LogP contribution in [0.4, 0.5) is 11.4 Å². The number of carbonyl (C=O) groups is 2. The Labute approximate surface area is 149 Å². The van der Waals surface area contributed by atoms with Crippen molar-refractivity contribution in [3.05, 3.63) is 48.0 Å². The van der Waals surface area contributed by atoms with Crippen molar-refractivity contribution in [1.29, 1.82) is 5.26 Å². The van der Waals surface area contributed by atoms with Crippen LogP contribution < -0.4 is 20.1 Å². The first-order valence-corrected chi connectivity index (χ1v) is 8.14. The normalized spacial score (nSPS) is 15.7. The second-order valence-electron chi connectivity index (χ2n) is 6.22. The maximum Gasteiger partial charge on any atom is 0.240 e. The number of ether oxygens (including phenoxy) is 2. The zero-order valence-corrected chi connectivity index (χ0v) is 13.7. The number of benzene rings is 2. The number of fused-ring (bicyclic) bond motifs is 1. The Balaban J connectivity index is 1.49. The number of nitriles is 1. The van der Waals surface area contributed by atoms with Crippen LogP contribution in [-0.4, -0.2) is 18.6 Å². The molecule has 2 aliphatic rings. The molecule has 1 aliphatic carbocycles. The Morgan fingerprint density at radius 1 is 1.00 bits per heavy atom. The maximum absolute atomic E-state index is 12.7. The molecule has 0 atom stereocenters. The van der Waals surface area contributed by atoms with Crippen molar-refractivity contribution in [1.82, 2.24) is 0 Å². The Kier molecular flexibility index (Phi) is 3.73. The van der Waals surface area contributed by atoms with Gasteiger partial charge in [0.25, 0.3) is 0 Å². The molecule has 2 aromatic rings. The quantitative estimate of drug-likeness (QED) is 0.827. The summed E-state index contributed by atoms with van der Waals surface area (Å²) in [5, 5.41) is 14.6. The third-order valence-corrected chi connectivity index (χ3v) is 4.55. The Bertz CT molecular complexity index is 944. The van der Waals surface area contributed by atoms with Gasteiger partial charge in [-0.2, -0.15) is 5.26 Å². The number of carbonyl (C=O) groups excluding carboxylic acids is 2. The van der Waals surface area contributed by atoms with Crippen molar-refractivity contribution in [2.75, 3.05) is 17.4 Å². The topological polar surface area (TPSA) is 100 Å². The molecular weight excluding hydrogens is 334 g/mol. The van der Waals surface area contributed by atoms with Crippen molar-refractivity contribution in [2.45, 2.75) is 12.8 Å². The molecule has 0 radical (unpaired) electrons. The number of para-hydroxylation sites is 1. The molecule has 7 nitrogen and oxygen atoms in total. The zero-order chi connectivity index (χ0) is 18.1. The minimum Gasteiger partial charge on any atom is -0.454 e. The Morgan fingerprint density at radius 3 is 2.50 bits per heavy atom. The maximum atomic E-state index is 12.7. The smallest absolute Gasteiger partial charge is 0.240 e. The molecule has 2 aromatic carbocycles. The molecular formula is C19H15N3O4. The van der Waals surface area contributed by atoms with Crippen molar-refractivity contribution >= 4 is 23.2 Å². The lowest BCUT2D eigenvalue weighted by molar-refractivity contribution is -0.131. The lowest BCUT2D eigenvalue weighted by atomic mass is 10.0. The number of anilines is 2. The first kappa shape index (κ1) is 16.0. The highest BCUT2D eigenvalue weighted by Gasteiger charge is 2.56. The fraction of sp³-hybridized carbons (Fsp3) is 0.211. The number of amides is 2. The van der Waals surface area contributed by atoms with E-state index in [2.05, 4.69) is 10.6 Å². The fourth-order valence-corrected chi connectivity index (χ4v) is 2.84. The molecule has 0 aromatic heterocycles. The third-order valence-electron chi connectivity index (χ3n) is 4.55. The van der Waals surface area contributed by atoms with E-state index in [1.807, 2.05) is 6.07 Å². The molecule has 1 aliphatic heterocycles. The molecule has 4 rings (SSSR count). The van der Waals surface area contributed by atoms with Crippen LogP contribution in [0.15, 0.2) is 42.5 Å². The van der Waals surface area contributed by atoms with Crippen LogP contribution in [0, 0.1) is 16.7 Å². The van der Waals surface area contributed by atoms with Crippen molar-refractivity contribution in [3.63, 3.8) is 0 Å². The van der Waals surface area contributed by atoms with Gasteiger partial charge >= 0.3 is 0 Å². The van der Waals surface area contributed by atoms with Gasteiger partial charge in [-0.25, -0.2) is 0 Å². The summed E-state index contributed by atoms with van der Waals surface area (Å²) in [7, 11) is 0. The summed E-state index contributed by atoms with van der Waals surface area (Å²) in [6.07, 6.45) is 0.924. The van der Waals surface area contributed by atoms with Gasteiger partial charge in [-0.05, 0) is 37.1 Å². The molecule has 0 bridgehead atoms. The lowest BCUT2D eigenvalue weighted by Crippen LogP contribution is -2.35. The van der Waals surface area contributed by atoms with E-state index in [-0.39, 0.29) is 12.7 Å². The molecule has 1 fully saturated rings. The van der Waals surface area contributed by atoms with Crippen LogP contribution in [0.1, 0.15) is 18.4 Å². The average molecular weight is 349 g/mol. The van der Waals surface area contributed by atoms with Gasteiger partial charge in [-0.3, -0.25) is 9.59 Å². The van der Waals surface area contributed by atoms with Crippen LogP contribution in [0.25, 0.3) is 0 Å². The molecule has 130 valence electrons. The van der Waals surface area contributed by atoms with E-state index in [1.165, 1.54) is 0 Å². The highest BCUT2D eigenvalue weighted by Crippen LogP contribution is 2.48. The molecule has 2 N–H and O–H groups in total. The zero-order valence-electron chi connectivity index (χ0n) is 13.7. The van der Waals surface area contributed by atoms with Gasteiger partial charge in [-0.15, -0.1) is 0 Å². The van der Waals surface area contributed by atoms with Gasteiger partial charge in [0.1, 0.15) is 11.5 Å². The Morgan fingerprint density at radius 2 is 1.73 bits per heavy atom. The van der Waals surface area contributed by atoms with E-state index in [0.29, 0.717) is 41.3 Å². The van der Waals surface area contributed by atoms with Crippen LogP contribution in [-0.2, 0) is 9.59 Å². The number of hydrogen-bond donors (Lipinski definition) is 2. The van der Waals surface area contributed by atoms with Crippen LogP contribution in [0.5, 0.6) is 11.5 Å². The first-order chi connectivity index (χ1) is 12.6. The molecule has 26 heavy (non-hydrogen) atoms. The first-order valence-electron chi connectivity index (χ1n) is 8.14. The number of rotatable bonds is 4. The fourth-order valence-electron chi connectivity index (χ4n) is 2.84. The molecule has 0 saturated heterocycles. The second kappa shape index (κ2) is 6.08. The van der Waals surface area contributed by atoms with Crippen LogP contribution in [0.2, 0.25) is 0 Å². The van der Waals surface area contributed by atoms with Crippen LogP contribution >= 0.6 is 0 Å². The van der Waals surface area contributed by atoms with E-state index in [0.717, 1.165) is 0 Å². The molecule has 1 saturated carbocycles. The van der Waals surface area contributed by atoms with Crippen molar-refractivity contribution < 1.29 is 19.1 Å². The summed E-state index contributed by atoms with van der Waals surface area (Å²) in [5.41, 5.74) is 0.185. The van der Waals surface area contributed by atoms with Gasteiger partial charge in [0.05, 0.1) is 11.3 Å². The summed E-state index contributed by atoms with van der Waals surface area (Å²) in [6.45, 7) is 0.150. The largest absolute Gasteiger partial charge is 0.454 e. The summed E-state index contributed by atoms with van der Waals surface area (Å²) in [5.74, 6) is 0.400. The summed E-state index contributed by atoms with van der Waals surface area (Å²) >= 11 is 0. The molecule has 0 spiro atoms.